The number of nitrogens with one attached hydrogen (secondary N) is 2. The van der Waals surface area contributed by atoms with E-state index in [2.05, 4.69) is 57.8 Å². The summed E-state index contributed by atoms with van der Waals surface area (Å²) in [6, 6.07) is 7.76. The first kappa shape index (κ1) is 27.6. The Kier molecular flexibility index (Phi) is 7.08. The monoisotopic (exact) mass is 568 g/mol. The van der Waals surface area contributed by atoms with Crippen molar-refractivity contribution in [2.75, 3.05) is 17.2 Å². The molecule has 8 nitrogen and oxygen atoms in total. The number of hydrogen-bond donors (Lipinski definition) is 2. The van der Waals surface area contributed by atoms with Crippen molar-refractivity contribution in [3.8, 4) is 6.07 Å². The lowest BCUT2D eigenvalue weighted by Crippen LogP contribution is -2.26. The van der Waals surface area contributed by atoms with Gasteiger partial charge >= 0.3 is 0 Å². The van der Waals surface area contributed by atoms with Crippen molar-refractivity contribution in [1.29, 1.82) is 5.26 Å². The van der Waals surface area contributed by atoms with Crippen molar-refractivity contribution in [3.05, 3.63) is 70.1 Å². The zero-order chi connectivity index (χ0) is 28.8. The van der Waals surface area contributed by atoms with Crippen molar-refractivity contribution in [1.82, 2.24) is 25.0 Å². The first-order valence-electron chi connectivity index (χ1n) is 12.8. The Labute approximate surface area is 234 Å². The number of benzene rings is 1. The molecule has 1 aliphatic carbocycles. The molecule has 1 unspecified atom stereocenters. The average molecular weight is 569 g/mol. The van der Waals surface area contributed by atoms with Crippen LogP contribution in [0.15, 0.2) is 36.7 Å². The number of hydrogen-bond acceptors (Lipinski definition) is 7. The summed E-state index contributed by atoms with van der Waals surface area (Å²) in [5.41, 5.74) is 1.94. The molecule has 0 bridgehead atoms. The largest absolute Gasteiger partial charge is 0.383 e. The van der Waals surface area contributed by atoms with Crippen molar-refractivity contribution in [3.63, 3.8) is 0 Å². The summed E-state index contributed by atoms with van der Waals surface area (Å²) in [7, 11) is 0. The van der Waals surface area contributed by atoms with E-state index in [1.165, 1.54) is 23.1 Å². The van der Waals surface area contributed by atoms with E-state index in [9.17, 15) is 18.4 Å². The molecule has 5 rings (SSSR count). The van der Waals surface area contributed by atoms with E-state index in [1.54, 1.807) is 19.1 Å². The molecule has 2 N–H and O–H groups in total. The van der Waals surface area contributed by atoms with Crippen LogP contribution in [0.3, 0.4) is 0 Å². The van der Waals surface area contributed by atoms with Crippen LogP contribution in [0.5, 0.6) is 0 Å². The van der Waals surface area contributed by atoms with Gasteiger partial charge in [0.15, 0.2) is 0 Å². The van der Waals surface area contributed by atoms with Gasteiger partial charge in [0, 0.05) is 35.1 Å². The lowest BCUT2D eigenvalue weighted by Gasteiger charge is -2.23. The quantitative estimate of drug-likeness (QED) is 0.230. The van der Waals surface area contributed by atoms with Crippen molar-refractivity contribution in [2.24, 2.45) is 5.41 Å². The normalized spacial score (nSPS) is 15.2. The Morgan fingerprint density at radius 2 is 1.98 bits per heavy atom. The minimum Gasteiger partial charge on any atom is -0.383 e. The van der Waals surface area contributed by atoms with Crippen LogP contribution in [0.25, 0.3) is 10.9 Å². The Morgan fingerprint density at radius 3 is 2.60 bits per heavy atom. The fourth-order valence-corrected chi connectivity index (χ4v) is 4.87. The zero-order valence-electron chi connectivity index (χ0n) is 22.4. The minimum absolute atomic E-state index is 0.0663. The molecule has 1 fully saturated rings. The second kappa shape index (κ2) is 10.2. The number of anilines is 2. The number of aryl methyl sites for hydroxylation is 1. The SMILES string of the molecule is Cc1nc(F)ccc1C(Nc1cc(Cl)c2ncc(C#N)c(NCC(C)(C)C)c2c1)c1cn(C2(C(F)F)CC2)nn1. The van der Waals surface area contributed by atoms with Gasteiger partial charge in [0.1, 0.15) is 17.3 Å². The molecule has 3 heterocycles. The summed E-state index contributed by atoms with van der Waals surface area (Å²) in [5, 5.41) is 25.7. The van der Waals surface area contributed by atoms with E-state index >= 15 is 0 Å². The topological polar surface area (TPSA) is 104 Å². The van der Waals surface area contributed by atoms with Gasteiger partial charge < -0.3 is 10.6 Å². The van der Waals surface area contributed by atoms with Crippen LogP contribution in [-0.4, -0.2) is 37.9 Å². The maximum atomic E-state index is 13.9. The molecule has 3 aromatic heterocycles. The van der Waals surface area contributed by atoms with Gasteiger partial charge in [-0.3, -0.25) is 4.98 Å². The molecule has 0 radical (unpaired) electrons. The van der Waals surface area contributed by atoms with Crippen LogP contribution in [0.4, 0.5) is 24.5 Å². The molecule has 208 valence electrons. The first-order valence-corrected chi connectivity index (χ1v) is 13.2. The molecule has 0 saturated heterocycles. The summed E-state index contributed by atoms with van der Waals surface area (Å²) < 4.78 is 42.7. The predicted octanol–water partition coefficient (Wildman–Crippen LogP) is 6.61. The third-order valence-electron chi connectivity index (χ3n) is 6.99. The van der Waals surface area contributed by atoms with Crippen molar-refractivity contribution in [2.45, 2.75) is 58.5 Å². The van der Waals surface area contributed by atoms with Gasteiger partial charge in [-0.05, 0) is 43.4 Å². The van der Waals surface area contributed by atoms with E-state index in [4.69, 9.17) is 11.6 Å². The highest BCUT2D eigenvalue weighted by molar-refractivity contribution is 6.35. The van der Waals surface area contributed by atoms with Gasteiger partial charge in [-0.25, -0.2) is 18.4 Å². The Hall–Kier alpha value is -3.91. The lowest BCUT2D eigenvalue weighted by molar-refractivity contribution is 0.0593. The third-order valence-corrected chi connectivity index (χ3v) is 7.28. The van der Waals surface area contributed by atoms with E-state index < -0.39 is 24.0 Å². The third kappa shape index (κ3) is 5.28. The molecule has 0 spiro atoms. The fraction of sp³-hybridized carbons (Fsp3) is 0.393. The smallest absolute Gasteiger partial charge is 0.263 e. The molecule has 12 heteroatoms. The molecule has 40 heavy (non-hydrogen) atoms. The second-order valence-electron chi connectivity index (χ2n) is 11.3. The van der Waals surface area contributed by atoms with Crippen LogP contribution in [-0.2, 0) is 5.54 Å². The maximum absolute atomic E-state index is 13.9. The average Bonchev–Trinajstić information content (AvgIpc) is 3.56. The van der Waals surface area contributed by atoms with Crippen LogP contribution in [0.1, 0.15) is 62.2 Å². The van der Waals surface area contributed by atoms with E-state index in [1.807, 2.05) is 6.07 Å². The number of alkyl halides is 2. The maximum Gasteiger partial charge on any atom is 0.263 e. The molecule has 1 saturated carbocycles. The number of nitrogens with zero attached hydrogens (tertiary/aromatic N) is 6. The highest BCUT2D eigenvalue weighted by atomic mass is 35.5. The number of halogens is 4. The lowest BCUT2D eigenvalue weighted by atomic mass is 9.96. The molecule has 1 aliphatic rings. The van der Waals surface area contributed by atoms with Crippen LogP contribution >= 0.6 is 11.6 Å². The van der Waals surface area contributed by atoms with Crippen molar-refractivity contribution >= 4 is 33.9 Å². The molecule has 4 aromatic rings. The summed E-state index contributed by atoms with van der Waals surface area (Å²) in [6.07, 6.45) is 1.01. The Bertz CT molecular complexity index is 1620. The van der Waals surface area contributed by atoms with Gasteiger partial charge in [0.2, 0.25) is 5.95 Å². The van der Waals surface area contributed by atoms with E-state index in [0.29, 0.717) is 69.2 Å². The highest BCUT2D eigenvalue weighted by Crippen LogP contribution is 2.48. The van der Waals surface area contributed by atoms with Gasteiger partial charge in [-0.15, -0.1) is 5.10 Å². The van der Waals surface area contributed by atoms with E-state index in [0.717, 1.165) is 0 Å². The van der Waals surface area contributed by atoms with Gasteiger partial charge in [0.05, 0.1) is 34.0 Å². The Balaban J connectivity index is 1.60. The minimum atomic E-state index is -2.58. The van der Waals surface area contributed by atoms with Gasteiger partial charge in [-0.2, -0.15) is 9.65 Å². The number of pyridine rings is 2. The molecule has 1 atom stereocenters. The summed E-state index contributed by atoms with van der Waals surface area (Å²) >= 11 is 6.66. The zero-order valence-corrected chi connectivity index (χ0v) is 23.2. The molecule has 0 aliphatic heterocycles. The summed E-state index contributed by atoms with van der Waals surface area (Å²) in [5.74, 6) is -0.642. The van der Waals surface area contributed by atoms with Crippen molar-refractivity contribution < 1.29 is 13.2 Å². The van der Waals surface area contributed by atoms with Gasteiger partial charge in [-0.1, -0.05) is 43.7 Å². The Morgan fingerprint density at radius 1 is 1.23 bits per heavy atom. The second-order valence-corrected chi connectivity index (χ2v) is 11.7. The highest BCUT2D eigenvalue weighted by Gasteiger charge is 2.54. The molecular weight excluding hydrogens is 541 g/mol. The first-order chi connectivity index (χ1) is 18.9. The predicted molar refractivity (Wildman–Crippen MR) is 147 cm³/mol. The summed E-state index contributed by atoms with van der Waals surface area (Å²) in [6.45, 7) is 8.47. The van der Waals surface area contributed by atoms with Gasteiger partial charge in [0.25, 0.3) is 6.43 Å². The summed E-state index contributed by atoms with van der Waals surface area (Å²) in [4.78, 5) is 8.35. The standard InChI is InChI=1S/C28H28ClF3N8/c1-15-18(5-6-22(30)36-15)25(21-13-40(39-38-21)28(7-8-28)26(31)32)37-17-9-19-23(35-14-27(2,3)4)16(11-33)12-34-24(19)20(29)10-17/h5-6,9-10,12-13,25-26,37H,7-8,14H2,1-4H3,(H,34,35). The van der Waals surface area contributed by atoms with Crippen LogP contribution in [0, 0.1) is 29.6 Å². The fourth-order valence-electron chi connectivity index (χ4n) is 4.60. The van der Waals surface area contributed by atoms with Crippen LogP contribution < -0.4 is 10.6 Å². The van der Waals surface area contributed by atoms with Crippen LogP contribution in [0.2, 0.25) is 5.02 Å². The number of nitriles is 1. The molecule has 1 aromatic carbocycles. The number of fused-ring (bicyclic) bond motifs is 1. The number of aromatic nitrogens is 5. The van der Waals surface area contributed by atoms with E-state index in [-0.39, 0.29) is 5.41 Å². The molecule has 0 amide bonds. The number of rotatable bonds is 8. The molecular formula is C28H28ClF3N8.